The number of rotatable bonds is 1. The van der Waals surface area contributed by atoms with Gasteiger partial charge in [-0.15, -0.1) is 13.2 Å². The van der Waals surface area contributed by atoms with E-state index in [1.807, 2.05) is 83.1 Å². The van der Waals surface area contributed by atoms with Gasteiger partial charge in [-0.25, -0.2) is 0 Å². The van der Waals surface area contributed by atoms with Crippen LogP contribution in [-0.4, -0.2) is 39.6 Å². The average molecular weight is 463 g/mol. The van der Waals surface area contributed by atoms with Crippen LogP contribution in [0.1, 0.15) is 90.5 Å². The third-order valence-electron chi connectivity index (χ3n) is 1.38. The normalized spacial score (nSPS) is 10.6. The fourth-order valence-electron chi connectivity index (χ4n) is 0.581. The molecule has 0 aliphatic rings. The molecule has 0 saturated carbocycles. The minimum absolute atomic E-state index is 0. The summed E-state index contributed by atoms with van der Waals surface area (Å²) in [4.78, 5) is 3.76. The summed E-state index contributed by atoms with van der Waals surface area (Å²) in [5.41, 5.74) is 8.10. The van der Waals surface area contributed by atoms with E-state index in [1.54, 1.807) is 0 Å². The Morgan fingerprint density at radius 3 is 1.14 bits per heavy atom. The molecule has 0 aromatic carbocycles. The van der Waals surface area contributed by atoms with E-state index < -0.39 is 0 Å². The van der Waals surface area contributed by atoms with Gasteiger partial charge >= 0.3 is 47.2 Å². The summed E-state index contributed by atoms with van der Waals surface area (Å²) in [5, 5.41) is 15.8. The van der Waals surface area contributed by atoms with Gasteiger partial charge < -0.3 is 10.5 Å². The second-order valence-corrected chi connectivity index (χ2v) is 12.3. The predicted molar refractivity (Wildman–Crippen MR) is 130 cm³/mol. The second-order valence-electron chi connectivity index (χ2n) is 9.84. The molecule has 0 aromatic rings. The third-order valence-corrected chi connectivity index (χ3v) is 1.38. The van der Waals surface area contributed by atoms with E-state index in [1.165, 1.54) is 0 Å². The van der Waals surface area contributed by atoms with Crippen molar-refractivity contribution < 1.29 is 18.9 Å². The molecule has 0 atom stereocenters. The molecular weight excluding hydrogens is 413 g/mol. The van der Waals surface area contributed by atoms with Gasteiger partial charge in [0.05, 0.1) is 0 Å². The summed E-state index contributed by atoms with van der Waals surface area (Å²) in [5.74, 6) is 0. The quantitative estimate of drug-likeness (QED) is 0.170. The van der Waals surface area contributed by atoms with Crippen molar-refractivity contribution in [2.75, 3.05) is 0 Å². The Morgan fingerprint density at radius 2 is 0.966 bits per heavy atom. The van der Waals surface area contributed by atoms with Crippen molar-refractivity contribution in [3.8, 4) is 0 Å². The molecule has 0 fully saturated rings. The van der Waals surface area contributed by atoms with E-state index >= 15 is 0 Å². The molecule has 0 rings (SSSR count). The van der Waals surface area contributed by atoms with Gasteiger partial charge in [0.1, 0.15) is 21.3 Å². The first kappa shape index (κ1) is 42.7. The van der Waals surface area contributed by atoms with Crippen LogP contribution in [0.5, 0.6) is 0 Å². The van der Waals surface area contributed by atoms with Gasteiger partial charge in [-0.2, -0.15) is 0 Å². The van der Waals surface area contributed by atoms with Crippen LogP contribution in [0.2, 0.25) is 11.0 Å². The fourth-order valence-corrected chi connectivity index (χ4v) is 0.581. The Hall–Kier alpha value is -0.316. The minimum atomic E-state index is -0.116. The monoisotopic (exact) mass is 462 g/mol. The SMILES string of the molecule is C.C=C.CC(C)(C)N=N[N-]C(C)(C)C.CC(C)(C)N=[N+]=NC(C)(C)C.[CH3][Ga][CH3].[Li+]. The maximum atomic E-state index is 4.00. The zero-order valence-electron chi connectivity index (χ0n) is 21.7. The van der Waals surface area contributed by atoms with Gasteiger partial charge in [0.15, 0.2) is 0 Å². The smallest absolute Gasteiger partial charge is 1.00 e. The van der Waals surface area contributed by atoms with Gasteiger partial charge in [-0.3, -0.25) is 5.22 Å². The van der Waals surface area contributed by atoms with E-state index in [4.69, 9.17) is 0 Å². The first-order chi connectivity index (χ1) is 11.8. The molecule has 0 spiro atoms. The van der Waals surface area contributed by atoms with E-state index in [9.17, 15) is 0 Å². The summed E-state index contributed by atoms with van der Waals surface area (Å²) >= 11 is 0.312. The molecule has 0 aliphatic carbocycles. The molecule has 167 valence electrons. The standard InChI is InChI=1S/2C8H18N3.C2H4.CH4.2CH3.Ga.Li/c2*1-7(2,3)9-11-10-8(4,5)6;1-2;;;;;/h2*1-6H3;1-2H2;1H4;2*1H3;;/q-1;+1;;;;;;+1. The first-order valence-corrected chi connectivity index (χ1v) is 14.2. The molecule has 0 heterocycles. The summed E-state index contributed by atoms with van der Waals surface area (Å²) < 4.78 is 0. The third kappa shape index (κ3) is 74.2. The molecule has 0 saturated heterocycles. The van der Waals surface area contributed by atoms with Crippen molar-refractivity contribution in [2.45, 2.75) is 124 Å². The molecule has 0 bridgehead atoms. The Balaban J connectivity index is -0.0000000704. The van der Waals surface area contributed by atoms with Crippen molar-refractivity contribution in [1.82, 2.24) is 4.91 Å². The van der Waals surface area contributed by atoms with Crippen molar-refractivity contribution in [3.63, 3.8) is 0 Å². The fraction of sp³-hybridized carbons (Fsp3) is 0.905. The van der Waals surface area contributed by atoms with Crippen molar-refractivity contribution in [3.05, 3.63) is 18.6 Å². The molecule has 8 heteroatoms. The Labute approximate surface area is 203 Å². The second kappa shape index (κ2) is 20.9. The van der Waals surface area contributed by atoms with Gasteiger partial charge in [0, 0.05) is 0 Å². The predicted octanol–water partition coefficient (Wildman–Crippen LogP) is 5.11. The molecule has 29 heavy (non-hydrogen) atoms. The summed E-state index contributed by atoms with van der Waals surface area (Å²) in [6.07, 6.45) is 0. The summed E-state index contributed by atoms with van der Waals surface area (Å²) in [7, 11) is 0. The van der Waals surface area contributed by atoms with E-state index in [2.05, 4.69) is 55.0 Å². The van der Waals surface area contributed by atoms with Crippen LogP contribution < -0.4 is 23.8 Å². The number of nitrogens with zero attached hydrogens (tertiary/aromatic N) is 6. The summed E-state index contributed by atoms with van der Waals surface area (Å²) in [6.45, 7) is 29.9. The van der Waals surface area contributed by atoms with Crippen molar-refractivity contribution >= 4 is 17.4 Å². The van der Waals surface area contributed by atoms with E-state index in [0.29, 0.717) is 17.4 Å². The molecule has 0 N–H and O–H groups in total. The van der Waals surface area contributed by atoms with Crippen LogP contribution in [0.3, 0.4) is 0 Å². The van der Waals surface area contributed by atoms with Gasteiger partial charge in [-0.1, -0.05) is 49.0 Å². The van der Waals surface area contributed by atoms with Crippen LogP contribution >= 0.6 is 0 Å². The molecule has 6 nitrogen and oxygen atoms in total. The summed E-state index contributed by atoms with van der Waals surface area (Å²) in [6, 6.07) is 0. The van der Waals surface area contributed by atoms with Crippen LogP contribution in [0.15, 0.2) is 33.7 Å². The van der Waals surface area contributed by atoms with Crippen LogP contribution in [0.4, 0.5) is 0 Å². The molecule has 0 amide bonds. The van der Waals surface area contributed by atoms with Crippen molar-refractivity contribution in [1.29, 1.82) is 0 Å². The topological polar surface area (TPSA) is 77.6 Å². The molecule has 0 aromatic heterocycles. The Morgan fingerprint density at radius 1 is 0.690 bits per heavy atom. The Bertz CT molecular complexity index is 414. The largest absolute Gasteiger partial charge is 1.00 e. The van der Waals surface area contributed by atoms with Crippen LogP contribution in [0, 0.1) is 0 Å². The zero-order valence-corrected chi connectivity index (χ0v) is 24.1. The van der Waals surface area contributed by atoms with Gasteiger partial charge in [0.2, 0.25) is 4.91 Å². The first-order valence-electron chi connectivity index (χ1n) is 9.35. The maximum absolute atomic E-state index is 4.00. The van der Waals surface area contributed by atoms with Gasteiger partial charge in [-0.05, 0) is 52.6 Å². The van der Waals surface area contributed by atoms with Gasteiger partial charge in [0.25, 0.3) is 0 Å². The molecule has 0 aliphatic heterocycles. The number of hydrogen-bond acceptors (Lipinski definition) is 4. The maximum Gasteiger partial charge on any atom is 1.00 e. The Kier molecular flexibility index (Phi) is 30.8. The van der Waals surface area contributed by atoms with Crippen molar-refractivity contribution in [2.24, 2.45) is 20.6 Å². The average Bonchev–Trinajstić information content (AvgIpc) is 2.36. The molecular formula is C21H50GaLiN6+. The van der Waals surface area contributed by atoms with E-state index in [0.717, 1.165) is 0 Å². The van der Waals surface area contributed by atoms with E-state index in [-0.39, 0.29) is 48.4 Å². The van der Waals surface area contributed by atoms with Crippen LogP contribution in [0.25, 0.3) is 5.43 Å². The van der Waals surface area contributed by atoms with Crippen LogP contribution in [-0.2, 0) is 0 Å². The molecule has 1 radical (unpaired) electrons. The minimum Gasteiger partial charge on any atom is 1.00 e. The number of hydrogen-bond donors (Lipinski definition) is 0. The zero-order chi connectivity index (χ0) is 22.9. The molecule has 0 unspecified atom stereocenters.